The van der Waals surface area contributed by atoms with Gasteiger partial charge in [-0.1, -0.05) is 54.6 Å². The van der Waals surface area contributed by atoms with Gasteiger partial charge in [-0.15, -0.1) is 12.4 Å². The Morgan fingerprint density at radius 1 is 0.935 bits per heavy atom. The molecule has 0 aliphatic heterocycles. The van der Waals surface area contributed by atoms with Crippen molar-refractivity contribution < 1.29 is 0 Å². The van der Waals surface area contributed by atoms with Crippen molar-refractivity contribution in [3.63, 3.8) is 0 Å². The Labute approximate surface area is 204 Å². The normalized spacial score (nSPS) is 33.2. The van der Waals surface area contributed by atoms with Crippen LogP contribution < -0.4 is 5.73 Å². The topological polar surface area (TPSA) is 26.0 Å². The summed E-state index contributed by atoms with van der Waals surface area (Å²) in [6.45, 7) is 5.17. The van der Waals surface area contributed by atoms with Crippen LogP contribution in [0.2, 0.25) is 10.0 Å². The lowest BCUT2D eigenvalue weighted by atomic mass is 9.50. The van der Waals surface area contributed by atoms with Crippen LogP contribution in [0.5, 0.6) is 0 Å². The molecule has 6 rings (SSSR count). The van der Waals surface area contributed by atoms with E-state index in [-0.39, 0.29) is 12.4 Å². The van der Waals surface area contributed by atoms with Crippen LogP contribution in [0.4, 0.5) is 0 Å². The van der Waals surface area contributed by atoms with Crippen molar-refractivity contribution in [1.82, 2.24) is 0 Å². The van der Waals surface area contributed by atoms with Crippen LogP contribution >= 0.6 is 35.6 Å². The highest BCUT2D eigenvalue weighted by atomic mass is 35.5. The summed E-state index contributed by atoms with van der Waals surface area (Å²) < 4.78 is 0. The summed E-state index contributed by atoms with van der Waals surface area (Å²) in [6.07, 6.45) is 14.5. The van der Waals surface area contributed by atoms with Crippen molar-refractivity contribution in [1.29, 1.82) is 0 Å². The van der Waals surface area contributed by atoms with E-state index in [1.807, 2.05) is 0 Å². The van der Waals surface area contributed by atoms with Gasteiger partial charge in [-0.3, -0.25) is 0 Å². The molecule has 31 heavy (non-hydrogen) atoms. The van der Waals surface area contributed by atoms with E-state index >= 15 is 0 Å². The molecule has 0 spiro atoms. The van der Waals surface area contributed by atoms with Gasteiger partial charge in [0.1, 0.15) is 0 Å². The molecule has 1 unspecified atom stereocenters. The fourth-order valence-corrected chi connectivity index (χ4v) is 8.86. The highest BCUT2D eigenvalue weighted by molar-refractivity contribution is 6.36. The summed E-state index contributed by atoms with van der Waals surface area (Å²) in [6, 6.07) is 4.38. The van der Waals surface area contributed by atoms with Gasteiger partial charge in [0.15, 0.2) is 0 Å². The van der Waals surface area contributed by atoms with Crippen molar-refractivity contribution in [3.8, 4) is 0 Å². The molecule has 0 saturated heterocycles. The Kier molecular flexibility index (Phi) is 7.69. The SMILES string of the molecule is C=C(Cc1cc(Cl)c(C2C3CC4CC(C3)CC2C4)c(Cl)c1)C(CN)C1CCCCC1.Cl. The molecule has 0 heterocycles. The van der Waals surface area contributed by atoms with E-state index in [9.17, 15) is 0 Å². The lowest BCUT2D eigenvalue weighted by Gasteiger charge is -2.55. The van der Waals surface area contributed by atoms with Crippen LogP contribution in [0.1, 0.15) is 81.3 Å². The van der Waals surface area contributed by atoms with Gasteiger partial charge in [-0.25, -0.2) is 0 Å². The number of hydrogen-bond donors (Lipinski definition) is 1. The molecule has 0 amide bonds. The molecule has 4 heteroatoms. The van der Waals surface area contributed by atoms with E-state index in [2.05, 4.69) is 18.7 Å². The minimum Gasteiger partial charge on any atom is -0.330 e. The Balaban J connectivity index is 0.00000231. The van der Waals surface area contributed by atoms with Gasteiger partial charge in [0, 0.05) is 10.0 Å². The molecule has 4 bridgehead atoms. The van der Waals surface area contributed by atoms with Crippen molar-refractivity contribution in [3.05, 3.63) is 45.5 Å². The lowest BCUT2D eigenvalue weighted by Crippen LogP contribution is -2.43. The molecule has 5 aliphatic rings. The lowest BCUT2D eigenvalue weighted by molar-refractivity contribution is -0.00272. The second-order valence-electron chi connectivity index (χ2n) is 11.0. The van der Waals surface area contributed by atoms with Crippen molar-refractivity contribution in [2.45, 2.75) is 76.5 Å². The molecule has 5 aliphatic carbocycles. The van der Waals surface area contributed by atoms with Crippen molar-refractivity contribution in [2.24, 2.45) is 41.2 Å². The number of halogens is 3. The van der Waals surface area contributed by atoms with Crippen LogP contribution in [-0.4, -0.2) is 6.54 Å². The molecule has 1 nitrogen and oxygen atoms in total. The molecule has 5 fully saturated rings. The van der Waals surface area contributed by atoms with Gasteiger partial charge in [-0.2, -0.15) is 0 Å². The Morgan fingerprint density at radius 2 is 1.48 bits per heavy atom. The summed E-state index contributed by atoms with van der Waals surface area (Å²) in [5.74, 6) is 5.24. The fourth-order valence-electron chi connectivity index (χ4n) is 8.08. The van der Waals surface area contributed by atoms with Crippen LogP contribution in [0.25, 0.3) is 0 Å². The monoisotopic (exact) mass is 481 g/mol. The summed E-state index contributed by atoms with van der Waals surface area (Å²) in [5, 5.41) is 1.79. The zero-order valence-corrected chi connectivity index (χ0v) is 21.0. The van der Waals surface area contributed by atoms with Crippen molar-refractivity contribution >= 4 is 35.6 Å². The highest BCUT2D eigenvalue weighted by Crippen LogP contribution is 2.61. The molecule has 1 atom stereocenters. The van der Waals surface area contributed by atoms with Gasteiger partial charge >= 0.3 is 0 Å². The minimum absolute atomic E-state index is 0. The molecular weight excluding hydrogens is 445 g/mol. The van der Waals surface area contributed by atoms with E-state index in [1.54, 1.807) is 0 Å². The first kappa shape index (κ1) is 23.9. The third kappa shape index (κ3) is 4.72. The molecule has 5 saturated carbocycles. The first-order chi connectivity index (χ1) is 14.5. The predicted octanol–water partition coefficient (Wildman–Crippen LogP) is 8.21. The van der Waals surface area contributed by atoms with Gasteiger partial charge in [0.25, 0.3) is 0 Å². The first-order valence-corrected chi connectivity index (χ1v) is 13.1. The largest absolute Gasteiger partial charge is 0.330 e. The summed E-state index contributed by atoms with van der Waals surface area (Å²) >= 11 is 13.9. The molecule has 1 aromatic carbocycles. The minimum atomic E-state index is 0. The second kappa shape index (κ2) is 9.96. The van der Waals surface area contributed by atoms with Gasteiger partial charge in [-0.05, 0) is 123 Å². The van der Waals surface area contributed by atoms with E-state index in [1.165, 1.54) is 80.9 Å². The van der Waals surface area contributed by atoms with E-state index in [4.69, 9.17) is 28.9 Å². The number of benzene rings is 1. The number of nitrogens with two attached hydrogens (primary N) is 1. The maximum atomic E-state index is 6.93. The zero-order valence-electron chi connectivity index (χ0n) is 18.6. The third-order valence-corrected chi connectivity index (χ3v) is 9.75. The van der Waals surface area contributed by atoms with Crippen LogP contribution in [0.3, 0.4) is 0 Å². The van der Waals surface area contributed by atoms with Crippen molar-refractivity contribution in [2.75, 3.05) is 6.54 Å². The maximum Gasteiger partial charge on any atom is 0.0458 e. The van der Waals surface area contributed by atoms with E-state index < -0.39 is 0 Å². The van der Waals surface area contributed by atoms with Gasteiger partial charge < -0.3 is 5.73 Å². The van der Waals surface area contributed by atoms with Gasteiger partial charge in [0.2, 0.25) is 0 Å². The quantitative estimate of drug-likeness (QED) is 0.406. The number of hydrogen-bond acceptors (Lipinski definition) is 1. The first-order valence-electron chi connectivity index (χ1n) is 12.4. The summed E-state index contributed by atoms with van der Waals surface area (Å²) in [5.41, 5.74) is 9.92. The van der Waals surface area contributed by atoms with E-state index in [0.717, 1.165) is 40.1 Å². The second-order valence-corrected chi connectivity index (χ2v) is 11.8. The standard InChI is InChI=1S/C27H37Cl2N.ClH/c1-16(23(15-30)20-5-3-2-4-6-20)7-17-13-24(28)27(25(29)14-17)26-21-9-18-8-19(11-21)12-22(26)10-18;/h13-14,18-23,26H,1-12,15,30H2;1H. The molecule has 172 valence electrons. The predicted molar refractivity (Wildman–Crippen MR) is 135 cm³/mol. The van der Waals surface area contributed by atoms with Crippen LogP contribution in [0.15, 0.2) is 24.3 Å². The molecule has 2 N–H and O–H groups in total. The van der Waals surface area contributed by atoms with Crippen LogP contribution in [-0.2, 0) is 6.42 Å². The molecule has 0 aromatic heterocycles. The maximum absolute atomic E-state index is 6.93. The van der Waals surface area contributed by atoms with Gasteiger partial charge in [0.05, 0.1) is 0 Å². The molecule has 1 aromatic rings. The van der Waals surface area contributed by atoms with E-state index in [0.29, 0.717) is 24.3 Å². The Morgan fingerprint density at radius 3 is 2.00 bits per heavy atom. The fraction of sp³-hybridized carbons (Fsp3) is 0.704. The third-order valence-electron chi connectivity index (χ3n) is 9.13. The Bertz CT molecular complexity index is 747. The smallest absolute Gasteiger partial charge is 0.0458 e. The average molecular weight is 483 g/mol. The highest BCUT2D eigenvalue weighted by Gasteiger charge is 2.49. The zero-order chi connectivity index (χ0) is 20.8. The average Bonchev–Trinajstić information content (AvgIpc) is 2.70. The Hall–Kier alpha value is -0.210. The van der Waals surface area contributed by atoms with Crippen LogP contribution in [0, 0.1) is 35.5 Å². The molecule has 0 radical (unpaired) electrons. The summed E-state index contributed by atoms with van der Waals surface area (Å²) in [4.78, 5) is 0. The molecular formula is C27H38Cl3N. The number of rotatable bonds is 6. The summed E-state index contributed by atoms with van der Waals surface area (Å²) in [7, 11) is 0.